The van der Waals surface area contributed by atoms with Crippen LogP contribution in [0.3, 0.4) is 0 Å². The van der Waals surface area contributed by atoms with Gasteiger partial charge in [-0.05, 0) is 31.0 Å². The van der Waals surface area contributed by atoms with Crippen molar-refractivity contribution in [3.63, 3.8) is 0 Å². The van der Waals surface area contributed by atoms with Gasteiger partial charge in [0.2, 0.25) is 0 Å². The first-order chi connectivity index (χ1) is 9.69. The molecule has 2 aromatic rings. The summed E-state index contributed by atoms with van der Waals surface area (Å²) >= 11 is 0. The SMILES string of the molecule is COc1ccccc1-n1nc(CC(=O)O)cc1C1CC1. The molecule has 20 heavy (non-hydrogen) atoms. The van der Waals surface area contributed by atoms with Crippen LogP contribution in [-0.4, -0.2) is 28.0 Å². The van der Waals surface area contributed by atoms with Gasteiger partial charge in [-0.15, -0.1) is 0 Å². The van der Waals surface area contributed by atoms with E-state index in [9.17, 15) is 4.79 Å². The number of para-hydroxylation sites is 2. The summed E-state index contributed by atoms with van der Waals surface area (Å²) < 4.78 is 7.20. The number of ether oxygens (including phenoxy) is 1. The molecule has 5 nitrogen and oxygen atoms in total. The third kappa shape index (κ3) is 2.39. The van der Waals surface area contributed by atoms with Crippen LogP contribution in [0.1, 0.15) is 30.1 Å². The highest BCUT2D eigenvalue weighted by Crippen LogP contribution is 2.42. The molecular formula is C15H16N2O3. The Morgan fingerprint density at radius 3 is 2.85 bits per heavy atom. The van der Waals surface area contributed by atoms with Crippen molar-refractivity contribution in [2.45, 2.75) is 25.2 Å². The first kappa shape index (κ1) is 12.7. The van der Waals surface area contributed by atoms with Crippen LogP contribution in [0.2, 0.25) is 0 Å². The molecule has 1 saturated carbocycles. The molecule has 0 radical (unpaired) electrons. The first-order valence-electron chi connectivity index (χ1n) is 6.63. The lowest BCUT2D eigenvalue weighted by molar-refractivity contribution is -0.136. The van der Waals surface area contributed by atoms with Crippen molar-refractivity contribution < 1.29 is 14.6 Å². The zero-order valence-corrected chi connectivity index (χ0v) is 11.2. The minimum absolute atomic E-state index is 0.0537. The molecule has 1 fully saturated rings. The number of carbonyl (C=O) groups is 1. The molecule has 5 heteroatoms. The van der Waals surface area contributed by atoms with Crippen molar-refractivity contribution in [1.82, 2.24) is 9.78 Å². The fraction of sp³-hybridized carbons (Fsp3) is 0.333. The van der Waals surface area contributed by atoms with Gasteiger partial charge in [-0.25, -0.2) is 4.68 Å². The van der Waals surface area contributed by atoms with E-state index in [1.165, 1.54) is 0 Å². The molecule has 1 aromatic heterocycles. The molecule has 0 amide bonds. The average Bonchev–Trinajstić information content (AvgIpc) is 3.20. The maximum atomic E-state index is 10.9. The lowest BCUT2D eigenvalue weighted by Crippen LogP contribution is -2.05. The fourth-order valence-electron chi connectivity index (χ4n) is 2.36. The molecule has 0 atom stereocenters. The summed E-state index contributed by atoms with van der Waals surface area (Å²) in [4.78, 5) is 10.9. The number of aliphatic carboxylic acids is 1. The van der Waals surface area contributed by atoms with Gasteiger partial charge in [0, 0.05) is 11.6 Å². The average molecular weight is 272 g/mol. The summed E-state index contributed by atoms with van der Waals surface area (Å²) in [5, 5.41) is 13.4. The molecule has 1 aliphatic carbocycles. The van der Waals surface area contributed by atoms with Gasteiger partial charge in [0.15, 0.2) is 0 Å². The highest BCUT2D eigenvalue weighted by molar-refractivity contribution is 5.69. The summed E-state index contributed by atoms with van der Waals surface area (Å²) in [6, 6.07) is 9.54. The number of hydrogen-bond donors (Lipinski definition) is 1. The topological polar surface area (TPSA) is 64.4 Å². The second-order valence-electron chi connectivity index (χ2n) is 4.99. The second-order valence-corrected chi connectivity index (χ2v) is 4.99. The third-order valence-electron chi connectivity index (χ3n) is 3.43. The van der Waals surface area contributed by atoms with Crippen LogP contribution < -0.4 is 4.74 Å². The molecule has 104 valence electrons. The van der Waals surface area contributed by atoms with Crippen molar-refractivity contribution in [2.75, 3.05) is 7.11 Å². The van der Waals surface area contributed by atoms with Crippen molar-refractivity contribution >= 4 is 5.97 Å². The van der Waals surface area contributed by atoms with Crippen LogP contribution in [0.15, 0.2) is 30.3 Å². The van der Waals surface area contributed by atoms with Gasteiger partial charge in [0.1, 0.15) is 11.4 Å². The number of aromatic nitrogens is 2. The lowest BCUT2D eigenvalue weighted by Gasteiger charge is -2.10. The van der Waals surface area contributed by atoms with E-state index in [0.717, 1.165) is 30.0 Å². The summed E-state index contributed by atoms with van der Waals surface area (Å²) in [7, 11) is 1.62. The number of hydrogen-bond acceptors (Lipinski definition) is 3. The fourth-order valence-corrected chi connectivity index (χ4v) is 2.36. The van der Waals surface area contributed by atoms with Gasteiger partial charge < -0.3 is 9.84 Å². The first-order valence-corrected chi connectivity index (χ1v) is 6.63. The number of carboxylic acids is 1. The summed E-state index contributed by atoms with van der Waals surface area (Å²) in [6.45, 7) is 0. The Labute approximate surface area is 116 Å². The van der Waals surface area contributed by atoms with Gasteiger partial charge in [-0.2, -0.15) is 5.10 Å². The largest absolute Gasteiger partial charge is 0.494 e. The highest BCUT2D eigenvalue weighted by atomic mass is 16.5. The van der Waals surface area contributed by atoms with Crippen molar-refractivity contribution in [2.24, 2.45) is 0 Å². The lowest BCUT2D eigenvalue weighted by atomic mass is 10.2. The van der Waals surface area contributed by atoms with E-state index in [1.54, 1.807) is 7.11 Å². The molecule has 0 bridgehead atoms. The van der Waals surface area contributed by atoms with Crippen molar-refractivity contribution in [1.29, 1.82) is 0 Å². The monoisotopic (exact) mass is 272 g/mol. The summed E-state index contributed by atoms with van der Waals surface area (Å²) in [6.07, 6.45) is 2.21. The van der Waals surface area contributed by atoms with Gasteiger partial charge in [-0.1, -0.05) is 12.1 Å². The molecule has 0 unspecified atom stereocenters. The molecule has 0 saturated heterocycles. The minimum atomic E-state index is -0.864. The minimum Gasteiger partial charge on any atom is -0.494 e. The van der Waals surface area contributed by atoms with E-state index < -0.39 is 5.97 Å². The van der Waals surface area contributed by atoms with E-state index in [0.29, 0.717) is 11.6 Å². The van der Waals surface area contributed by atoms with Crippen LogP contribution in [0.4, 0.5) is 0 Å². The van der Waals surface area contributed by atoms with E-state index in [4.69, 9.17) is 9.84 Å². The quantitative estimate of drug-likeness (QED) is 0.907. The normalized spacial score (nSPS) is 14.2. The Bertz CT molecular complexity index is 644. The summed E-state index contributed by atoms with van der Waals surface area (Å²) in [5.41, 5.74) is 2.52. The van der Waals surface area contributed by atoms with E-state index in [1.807, 2.05) is 35.0 Å². The number of methoxy groups -OCH3 is 1. The van der Waals surface area contributed by atoms with Crippen molar-refractivity contribution in [3.05, 3.63) is 41.7 Å². The Kier molecular flexibility index (Phi) is 3.18. The zero-order valence-electron chi connectivity index (χ0n) is 11.2. The number of rotatable bonds is 5. The van der Waals surface area contributed by atoms with Gasteiger partial charge in [-0.3, -0.25) is 4.79 Å². The number of benzene rings is 1. The van der Waals surface area contributed by atoms with E-state index in [-0.39, 0.29) is 6.42 Å². The molecule has 3 rings (SSSR count). The van der Waals surface area contributed by atoms with Gasteiger partial charge in [0.05, 0.1) is 19.2 Å². The molecule has 1 aromatic carbocycles. The molecule has 1 heterocycles. The van der Waals surface area contributed by atoms with E-state index >= 15 is 0 Å². The zero-order chi connectivity index (χ0) is 14.1. The Morgan fingerprint density at radius 1 is 1.45 bits per heavy atom. The van der Waals surface area contributed by atoms with Crippen LogP contribution in [-0.2, 0) is 11.2 Å². The summed E-state index contributed by atoms with van der Waals surface area (Å²) in [5.74, 6) is 0.353. The molecule has 0 spiro atoms. The van der Waals surface area contributed by atoms with Crippen LogP contribution in [0.25, 0.3) is 5.69 Å². The molecule has 1 N–H and O–H groups in total. The Hall–Kier alpha value is -2.30. The molecule has 1 aliphatic rings. The maximum absolute atomic E-state index is 10.9. The molecular weight excluding hydrogens is 256 g/mol. The smallest absolute Gasteiger partial charge is 0.309 e. The predicted octanol–water partition coefficient (Wildman–Crippen LogP) is 2.39. The van der Waals surface area contributed by atoms with Crippen molar-refractivity contribution in [3.8, 4) is 11.4 Å². The predicted molar refractivity (Wildman–Crippen MR) is 73.4 cm³/mol. The number of nitrogens with zero attached hydrogens (tertiary/aromatic N) is 2. The number of carboxylic acid groups (broad SMARTS) is 1. The van der Waals surface area contributed by atoms with Crippen LogP contribution >= 0.6 is 0 Å². The Balaban J connectivity index is 2.06. The van der Waals surface area contributed by atoms with Crippen LogP contribution in [0.5, 0.6) is 5.75 Å². The molecule has 0 aliphatic heterocycles. The Morgan fingerprint density at radius 2 is 2.20 bits per heavy atom. The van der Waals surface area contributed by atoms with E-state index in [2.05, 4.69) is 5.10 Å². The highest BCUT2D eigenvalue weighted by Gasteiger charge is 2.29. The standard InChI is InChI=1S/C15H16N2O3/c1-20-14-5-3-2-4-12(14)17-13(10-6-7-10)8-11(16-17)9-15(18)19/h2-5,8,10H,6-7,9H2,1H3,(H,18,19). The third-order valence-corrected chi connectivity index (χ3v) is 3.43. The van der Waals surface area contributed by atoms with Crippen LogP contribution in [0, 0.1) is 0 Å². The van der Waals surface area contributed by atoms with Gasteiger partial charge in [0.25, 0.3) is 0 Å². The van der Waals surface area contributed by atoms with Gasteiger partial charge >= 0.3 is 5.97 Å². The maximum Gasteiger partial charge on any atom is 0.309 e. The second kappa shape index (κ2) is 5.00.